The number of amides is 1. The zero-order valence-electron chi connectivity index (χ0n) is 11.1. The molecule has 1 heterocycles. The van der Waals surface area contributed by atoms with Crippen LogP contribution in [0.25, 0.3) is 0 Å². The Morgan fingerprint density at radius 1 is 1.32 bits per heavy atom. The summed E-state index contributed by atoms with van der Waals surface area (Å²) in [5, 5.41) is 0. The van der Waals surface area contributed by atoms with Gasteiger partial charge in [-0.1, -0.05) is 18.2 Å². The number of nitrogens with two attached hydrogens (primary N) is 1. The van der Waals surface area contributed by atoms with E-state index in [1.165, 1.54) is 0 Å². The van der Waals surface area contributed by atoms with Crippen LogP contribution in [0.2, 0.25) is 0 Å². The maximum atomic E-state index is 12.3. The summed E-state index contributed by atoms with van der Waals surface area (Å²) >= 11 is 0. The smallest absolute Gasteiger partial charge is 0.272 e. The highest BCUT2D eigenvalue weighted by Crippen LogP contribution is 2.12. The highest BCUT2D eigenvalue weighted by atomic mass is 16.2. The zero-order chi connectivity index (χ0) is 13.8. The molecule has 0 aliphatic rings. The van der Waals surface area contributed by atoms with Crippen molar-refractivity contribution >= 4 is 11.6 Å². The van der Waals surface area contributed by atoms with E-state index in [4.69, 9.17) is 5.73 Å². The molecule has 2 N–H and O–H groups in total. The molecule has 0 saturated heterocycles. The predicted octanol–water partition coefficient (Wildman–Crippen LogP) is 2.24. The van der Waals surface area contributed by atoms with Gasteiger partial charge in [-0.2, -0.15) is 0 Å². The number of anilines is 1. The molecule has 98 valence electrons. The van der Waals surface area contributed by atoms with Crippen LogP contribution in [0.15, 0.2) is 42.6 Å². The van der Waals surface area contributed by atoms with E-state index in [2.05, 4.69) is 4.98 Å². The van der Waals surface area contributed by atoms with Gasteiger partial charge < -0.3 is 10.6 Å². The highest BCUT2D eigenvalue weighted by molar-refractivity contribution is 5.93. The van der Waals surface area contributed by atoms with Crippen molar-refractivity contribution in [1.82, 2.24) is 9.88 Å². The second kappa shape index (κ2) is 5.52. The van der Waals surface area contributed by atoms with Gasteiger partial charge in [-0.15, -0.1) is 0 Å². The zero-order valence-corrected chi connectivity index (χ0v) is 11.1. The van der Waals surface area contributed by atoms with Crippen LogP contribution in [0.3, 0.4) is 0 Å². The Balaban J connectivity index is 2.14. The lowest BCUT2D eigenvalue weighted by atomic mass is 10.1. The van der Waals surface area contributed by atoms with Crippen LogP contribution < -0.4 is 5.73 Å². The third-order valence-corrected chi connectivity index (χ3v) is 2.93. The van der Waals surface area contributed by atoms with Crippen LogP contribution in [-0.2, 0) is 6.54 Å². The topological polar surface area (TPSA) is 59.2 Å². The molecule has 0 aliphatic carbocycles. The van der Waals surface area contributed by atoms with E-state index < -0.39 is 0 Å². The lowest BCUT2D eigenvalue weighted by Gasteiger charge is -2.18. The molecule has 19 heavy (non-hydrogen) atoms. The third-order valence-electron chi connectivity index (χ3n) is 2.93. The van der Waals surface area contributed by atoms with Crippen LogP contribution in [0.5, 0.6) is 0 Å². The van der Waals surface area contributed by atoms with E-state index in [1.807, 2.05) is 43.3 Å². The van der Waals surface area contributed by atoms with Gasteiger partial charge in [0.1, 0.15) is 5.69 Å². The van der Waals surface area contributed by atoms with Crippen molar-refractivity contribution in [2.75, 3.05) is 12.8 Å². The number of rotatable bonds is 3. The molecule has 1 aromatic carbocycles. The molecule has 0 bridgehead atoms. The molecule has 0 saturated carbocycles. The summed E-state index contributed by atoms with van der Waals surface area (Å²) in [4.78, 5) is 18.1. The number of aromatic nitrogens is 1. The van der Waals surface area contributed by atoms with Gasteiger partial charge >= 0.3 is 0 Å². The monoisotopic (exact) mass is 255 g/mol. The number of carbonyl (C=O) groups is 1. The van der Waals surface area contributed by atoms with E-state index >= 15 is 0 Å². The number of nitrogen functional groups attached to an aromatic ring is 1. The molecule has 0 radical (unpaired) electrons. The molecule has 0 spiro atoms. The minimum atomic E-state index is -0.0828. The molecule has 1 aromatic heterocycles. The molecular weight excluding hydrogens is 238 g/mol. The number of hydrogen-bond donors (Lipinski definition) is 1. The number of pyridine rings is 1. The quantitative estimate of drug-likeness (QED) is 0.856. The SMILES string of the molecule is Cc1cccnc1C(=O)N(C)Cc1cccc(N)c1. The van der Waals surface area contributed by atoms with E-state index in [0.717, 1.165) is 11.1 Å². The van der Waals surface area contributed by atoms with Crippen molar-refractivity contribution in [3.63, 3.8) is 0 Å². The first kappa shape index (κ1) is 13.1. The van der Waals surface area contributed by atoms with E-state index in [-0.39, 0.29) is 5.91 Å². The molecule has 2 aromatic rings. The van der Waals surface area contributed by atoms with Gasteiger partial charge in [0.25, 0.3) is 5.91 Å². The summed E-state index contributed by atoms with van der Waals surface area (Å²) in [6, 6.07) is 11.2. The fraction of sp³-hybridized carbons (Fsp3) is 0.200. The molecule has 2 rings (SSSR count). The maximum Gasteiger partial charge on any atom is 0.272 e. The van der Waals surface area contributed by atoms with Crippen molar-refractivity contribution in [1.29, 1.82) is 0 Å². The summed E-state index contributed by atoms with van der Waals surface area (Å²) in [6.07, 6.45) is 1.63. The van der Waals surface area contributed by atoms with Crippen LogP contribution in [0, 0.1) is 6.92 Å². The standard InChI is InChI=1S/C15H17N3O/c1-11-5-4-8-17-14(11)15(19)18(2)10-12-6-3-7-13(16)9-12/h3-9H,10,16H2,1-2H3. The Morgan fingerprint density at radius 2 is 2.11 bits per heavy atom. The minimum Gasteiger partial charge on any atom is -0.399 e. The molecule has 0 aliphatic heterocycles. The van der Waals surface area contributed by atoms with Gasteiger partial charge in [0.15, 0.2) is 0 Å². The summed E-state index contributed by atoms with van der Waals surface area (Å²) in [5.74, 6) is -0.0828. The molecule has 1 amide bonds. The molecule has 0 fully saturated rings. The maximum absolute atomic E-state index is 12.3. The summed E-state index contributed by atoms with van der Waals surface area (Å²) in [5.41, 5.74) is 8.81. The fourth-order valence-corrected chi connectivity index (χ4v) is 1.93. The fourth-order valence-electron chi connectivity index (χ4n) is 1.93. The van der Waals surface area contributed by atoms with Crippen LogP contribution in [0.4, 0.5) is 5.69 Å². The van der Waals surface area contributed by atoms with Crippen molar-refractivity contribution < 1.29 is 4.79 Å². The van der Waals surface area contributed by atoms with Crippen molar-refractivity contribution in [2.24, 2.45) is 0 Å². The van der Waals surface area contributed by atoms with Crippen LogP contribution in [-0.4, -0.2) is 22.8 Å². The van der Waals surface area contributed by atoms with Gasteiger partial charge in [0.05, 0.1) is 0 Å². The largest absolute Gasteiger partial charge is 0.399 e. The van der Waals surface area contributed by atoms with Gasteiger partial charge in [-0.3, -0.25) is 9.78 Å². The van der Waals surface area contributed by atoms with Crippen LogP contribution >= 0.6 is 0 Å². The Bertz CT molecular complexity index is 595. The third kappa shape index (κ3) is 3.10. The van der Waals surface area contributed by atoms with Gasteiger partial charge in [-0.25, -0.2) is 0 Å². The first-order valence-corrected chi connectivity index (χ1v) is 6.09. The lowest BCUT2D eigenvalue weighted by molar-refractivity contribution is 0.0778. The number of carbonyl (C=O) groups excluding carboxylic acids is 1. The second-order valence-corrected chi connectivity index (χ2v) is 4.58. The number of benzene rings is 1. The van der Waals surface area contributed by atoms with E-state index in [9.17, 15) is 4.79 Å². The minimum absolute atomic E-state index is 0.0828. The molecular formula is C15H17N3O. The normalized spacial score (nSPS) is 10.2. The Hall–Kier alpha value is -2.36. The summed E-state index contributed by atoms with van der Waals surface area (Å²) in [7, 11) is 1.76. The Labute approximate surface area is 112 Å². The van der Waals surface area contributed by atoms with Gasteiger partial charge in [0.2, 0.25) is 0 Å². The van der Waals surface area contributed by atoms with Crippen molar-refractivity contribution in [3.05, 3.63) is 59.4 Å². The lowest BCUT2D eigenvalue weighted by Crippen LogP contribution is -2.27. The van der Waals surface area contributed by atoms with Gasteiger partial charge in [-0.05, 0) is 36.2 Å². The first-order chi connectivity index (χ1) is 9.08. The van der Waals surface area contributed by atoms with E-state index in [1.54, 1.807) is 18.1 Å². The summed E-state index contributed by atoms with van der Waals surface area (Å²) < 4.78 is 0. The average molecular weight is 255 g/mol. The van der Waals surface area contributed by atoms with E-state index in [0.29, 0.717) is 17.9 Å². The van der Waals surface area contributed by atoms with Crippen LogP contribution in [0.1, 0.15) is 21.6 Å². The molecule has 4 nitrogen and oxygen atoms in total. The molecule has 4 heteroatoms. The molecule has 0 unspecified atom stereocenters. The molecule has 0 atom stereocenters. The Kier molecular flexibility index (Phi) is 3.80. The van der Waals surface area contributed by atoms with Gasteiger partial charge in [0, 0.05) is 25.5 Å². The number of nitrogens with zero attached hydrogens (tertiary/aromatic N) is 2. The summed E-state index contributed by atoms with van der Waals surface area (Å²) in [6.45, 7) is 2.40. The average Bonchev–Trinajstić information content (AvgIpc) is 2.38. The second-order valence-electron chi connectivity index (χ2n) is 4.58. The predicted molar refractivity (Wildman–Crippen MR) is 75.6 cm³/mol. The first-order valence-electron chi connectivity index (χ1n) is 6.09. The highest BCUT2D eigenvalue weighted by Gasteiger charge is 2.15. The number of hydrogen-bond acceptors (Lipinski definition) is 3. The van der Waals surface area contributed by atoms with Crippen molar-refractivity contribution in [3.8, 4) is 0 Å². The van der Waals surface area contributed by atoms with Crippen molar-refractivity contribution in [2.45, 2.75) is 13.5 Å². The Morgan fingerprint density at radius 3 is 2.79 bits per heavy atom. The number of aryl methyl sites for hydroxylation is 1.